The molecule has 4 aromatic carbocycles. The number of hydrogen-bond donors (Lipinski definition) is 0. The second kappa shape index (κ2) is 16.0. The molecule has 6 aromatic rings. The lowest BCUT2D eigenvalue weighted by atomic mass is 9.91. The van der Waals surface area contributed by atoms with E-state index in [4.69, 9.17) is 21.3 Å². The van der Waals surface area contributed by atoms with Crippen LogP contribution in [0.4, 0.5) is 5.69 Å². The van der Waals surface area contributed by atoms with Crippen molar-refractivity contribution < 1.29 is 14.5 Å². The lowest BCUT2D eigenvalue weighted by Gasteiger charge is -2.26. The summed E-state index contributed by atoms with van der Waals surface area (Å²) < 4.78 is 9.34. The minimum Gasteiger partial charge on any atom is -0.463 e. The molecule has 0 saturated heterocycles. The van der Waals surface area contributed by atoms with Gasteiger partial charge in [0.1, 0.15) is 0 Å². The Labute approximate surface area is 329 Å². The fourth-order valence-electron chi connectivity index (χ4n) is 6.40. The van der Waals surface area contributed by atoms with Gasteiger partial charge in [-0.2, -0.15) is 0 Å². The molecule has 7 rings (SSSR count). The zero-order valence-electron chi connectivity index (χ0n) is 30.3. The van der Waals surface area contributed by atoms with E-state index in [0.29, 0.717) is 54.6 Å². The van der Waals surface area contributed by atoms with Crippen LogP contribution in [-0.2, 0) is 16.1 Å². The van der Waals surface area contributed by atoms with E-state index in [1.807, 2.05) is 84.3 Å². The van der Waals surface area contributed by atoms with Gasteiger partial charge >= 0.3 is 5.97 Å². The maximum absolute atomic E-state index is 14.7. The van der Waals surface area contributed by atoms with Gasteiger partial charge in [-0.25, -0.2) is 9.79 Å². The average molecular weight is 791 g/mol. The Hall–Kier alpha value is -5.63. The van der Waals surface area contributed by atoms with Crippen LogP contribution < -0.4 is 14.9 Å². The molecule has 0 amide bonds. The molecular weight excluding hydrogens is 756 g/mol. The number of fused-ring (bicyclic) bond motifs is 1. The van der Waals surface area contributed by atoms with Crippen LogP contribution in [0.15, 0.2) is 122 Å². The highest BCUT2D eigenvalue weighted by Gasteiger charge is 2.35. The molecule has 0 N–H and O–H groups in total. The van der Waals surface area contributed by atoms with Crippen LogP contribution in [0, 0.1) is 10.1 Å². The summed E-state index contributed by atoms with van der Waals surface area (Å²) in [6, 6.07) is 28.2. The number of rotatable bonds is 11. The first-order valence-corrected chi connectivity index (χ1v) is 19.6. The number of hydrogen-bond acceptors (Lipinski definition) is 10. The van der Waals surface area contributed by atoms with Gasteiger partial charge in [-0.05, 0) is 72.5 Å². The summed E-state index contributed by atoms with van der Waals surface area (Å²) in [6.07, 6.45) is 1.64. The third kappa shape index (κ3) is 7.55. The Morgan fingerprint density at radius 3 is 2.42 bits per heavy atom. The number of nitro groups is 1. The van der Waals surface area contributed by atoms with Crippen LogP contribution in [0.25, 0.3) is 23.2 Å². The summed E-state index contributed by atoms with van der Waals surface area (Å²) in [7, 11) is 0. The summed E-state index contributed by atoms with van der Waals surface area (Å²) in [5, 5.41) is 22.0. The molecule has 0 radical (unpaired) electrons. The summed E-state index contributed by atoms with van der Waals surface area (Å²) in [6.45, 7) is 8.58. The third-order valence-electron chi connectivity index (χ3n) is 9.10. The van der Waals surface area contributed by atoms with Gasteiger partial charge in [0.25, 0.3) is 11.2 Å². The molecule has 1 atom stereocenters. The van der Waals surface area contributed by atoms with Crippen molar-refractivity contribution in [2.24, 2.45) is 4.99 Å². The molecule has 0 saturated carbocycles. The lowest BCUT2D eigenvalue weighted by Crippen LogP contribution is -2.40. The van der Waals surface area contributed by atoms with E-state index in [2.05, 4.69) is 24.0 Å². The van der Waals surface area contributed by atoms with Gasteiger partial charge in [-0.3, -0.25) is 19.5 Å². The van der Waals surface area contributed by atoms with E-state index in [-0.39, 0.29) is 28.3 Å². The lowest BCUT2D eigenvalue weighted by molar-refractivity contribution is -0.384. The molecule has 278 valence electrons. The number of halogens is 1. The molecule has 3 heterocycles. The van der Waals surface area contributed by atoms with Crippen LogP contribution in [0.5, 0.6) is 0 Å². The summed E-state index contributed by atoms with van der Waals surface area (Å²) in [5.74, 6) is 0.316. The molecule has 11 nitrogen and oxygen atoms in total. The molecule has 0 fully saturated rings. The highest BCUT2D eigenvalue weighted by Crippen LogP contribution is 2.37. The highest BCUT2D eigenvalue weighted by atomic mass is 35.5. The van der Waals surface area contributed by atoms with E-state index in [9.17, 15) is 19.7 Å². The zero-order valence-corrected chi connectivity index (χ0v) is 32.7. The van der Waals surface area contributed by atoms with Gasteiger partial charge in [0, 0.05) is 39.7 Å². The summed E-state index contributed by atoms with van der Waals surface area (Å²) in [5.41, 5.74) is 3.85. The molecule has 55 heavy (non-hydrogen) atoms. The SMILES string of the molecule is CCOC(=O)C1=C(c2ccccc2)N=c2s/c(=C/c3cc([N+](=O)[O-])ccc3Sc3nnc(-c4cccc(Cl)c4)n3CC)c(=O)n2[C@@H]1c1ccc(C(C)C)cc1. The first-order valence-electron chi connectivity index (χ1n) is 17.6. The number of ether oxygens (including phenoxy) is 1. The maximum Gasteiger partial charge on any atom is 0.338 e. The number of non-ortho nitro benzene ring substituents is 1. The van der Waals surface area contributed by atoms with E-state index < -0.39 is 22.5 Å². The molecule has 2 aromatic heterocycles. The van der Waals surface area contributed by atoms with E-state index >= 15 is 0 Å². The van der Waals surface area contributed by atoms with E-state index in [1.54, 1.807) is 25.1 Å². The van der Waals surface area contributed by atoms with Crippen LogP contribution in [-0.4, -0.2) is 36.8 Å². The van der Waals surface area contributed by atoms with E-state index in [1.165, 1.54) is 28.5 Å². The molecular formula is C41H35ClN6O5S2. The minimum atomic E-state index is -0.860. The monoisotopic (exact) mass is 790 g/mol. The number of nitro benzene ring substituents is 1. The quantitative estimate of drug-likeness (QED) is 0.0731. The second-order valence-electron chi connectivity index (χ2n) is 12.9. The normalized spacial score (nSPS) is 14.2. The van der Waals surface area contributed by atoms with Crippen LogP contribution in [0.2, 0.25) is 5.02 Å². The molecule has 0 aliphatic carbocycles. The fraction of sp³-hybridized carbons (Fsp3) is 0.195. The smallest absolute Gasteiger partial charge is 0.338 e. The van der Waals surface area contributed by atoms with Gasteiger partial charge in [0.15, 0.2) is 15.8 Å². The number of carbonyl (C=O) groups excluding carboxylic acids is 1. The van der Waals surface area contributed by atoms with Gasteiger partial charge in [0.2, 0.25) is 0 Å². The Morgan fingerprint density at radius 1 is 1.00 bits per heavy atom. The number of esters is 1. The average Bonchev–Trinajstić information content (AvgIpc) is 3.74. The van der Waals surface area contributed by atoms with Gasteiger partial charge in [-0.1, -0.05) is 104 Å². The Bertz CT molecular complexity index is 2650. The number of benzene rings is 4. The van der Waals surface area contributed by atoms with Crippen LogP contribution in [0.3, 0.4) is 0 Å². The van der Waals surface area contributed by atoms with Crippen molar-refractivity contribution >= 4 is 58.1 Å². The second-order valence-corrected chi connectivity index (χ2v) is 15.3. The van der Waals surface area contributed by atoms with Crippen LogP contribution in [0.1, 0.15) is 61.9 Å². The van der Waals surface area contributed by atoms with E-state index in [0.717, 1.165) is 22.5 Å². The molecule has 0 unspecified atom stereocenters. The van der Waals surface area contributed by atoms with Crippen molar-refractivity contribution in [3.8, 4) is 11.4 Å². The molecule has 1 aliphatic heterocycles. The summed E-state index contributed by atoms with van der Waals surface area (Å²) in [4.78, 5) is 46.0. The predicted octanol–water partition coefficient (Wildman–Crippen LogP) is 8.05. The zero-order chi connectivity index (χ0) is 38.8. The molecule has 14 heteroatoms. The first-order chi connectivity index (χ1) is 26.6. The van der Waals surface area contributed by atoms with Crippen molar-refractivity contribution in [2.45, 2.75) is 56.3 Å². The van der Waals surface area contributed by atoms with Crippen molar-refractivity contribution in [1.29, 1.82) is 0 Å². The topological polar surface area (TPSA) is 135 Å². The molecule has 0 spiro atoms. The van der Waals surface area contributed by atoms with Gasteiger partial charge < -0.3 is 9.30 Å². The third-order valence-corrected chi connectivity index (χ3v) is 11.4. The predicted molar refractivity (Wildman–Crippen MR) is 215 cm³/mol. The largest absolute Gasteiger partial charge is 0.463 e. The molecule has 1 aliphatic rings. The van der Waals surface area contributed by atoms with Crippen molar-refractivity contribution in [1.82, 2.24) is 19.3 Å². The maximum atomic E-state index is 14.7. The standard InChI is InChI=1S/C41H35ClN6O5S2/c1-5-46-37(28-13-10-14-30(42)21-28)44-45-41(46)54-32-20-19-31(48(51)52)22-29(32)23-33-38(49)47-36(27-17-15-25(16-18-27)24(3)4)34(39(50)53-6-2)35(43-40(47)55-33)26-11-8-7-9-12-26/h7-24,36H,5-6H2,1-4H3/b33-23+/t36-/m1/s1. The molecule has 0 bridgehead atoms. The van der Waals surface area contributed by atoms with Crippen molar-refractivity contribution in [2.75, 3.05) is 6.61 Å². The number of carbonyl (C=O) groups is 1. The number of thiazole rings is 1. The first kappa shape index (κ1) is 37.7. The van der Waals surface area contributed by atoms with Crippen molar-refractivity contribution in [3.05, 3.63) is 160 Å². The Balaban J connectivity index is 1.42. The minimum absolute atomic E-state index is 0.132. The number of nitrogens with zero attached hydrogens (tertiary/aromatic N) is 6. The van der Waals surface area contributed by atoms with Gasteiger partial charge in [-0.15, -0.1) is 10.2 Å². The summed E-state index contributed by atoms with van der Waals surface area (Å²) >= 11 is 8.70. The van der Waals surface area contributed by atoms with Crippen LogP contribution >= 0.6 is 34.7 Å². The van der Waals surface area contributed by atoms with Crippen molar-refractivity contribution in [3.63, 3.8) is 0 Å². The Kier molecular flexibility index (Phi) is 11.0. The Morgan fingerprint density at radius 2 is 1.75 bits per heavy atom. The highest BCUT2D eigenvalue weighted by molar-refractivity contribution is 7.99. The number of aromatic nitrogens is 4. The van der Waals surface area contributed by atoms with Gasteiger partial charge in [0.05, 0.1) is 33.4 Å². The fourth-order valence-corrected chi connectivity index (χ4v) is 8.56.